The van der Waals surface area contributed by atoms with Crippen LogP contribution in [0, 0.1) is 0 Å². The smallest absolute Gasteiger partial charge is 0.231 e. The van der Waals surface area contributed by atoms with E-state index < -0.39 is 0 Å². The molecule has 0 atom stereocenters. The first-order valence-electron chi connectivity index (χ1n) is 5.53. The van der Waals surface area contributed by atoms with E-state index in [1.54, 1.807) is 23.9 Å². The first-order valence-corrected chi connectivity index (χ1v) is 5.53. The molecule has 1 aliphatic rings. The highest BCUT2D eigenvalue weighted by atomic mass is 16.7. The first kappa shape index (κ1) is 10.8. The number of hydrogen-bond acceptors (Lipinski definition) is 5. The van der Waals surface area contributed by atoms with Gasteiger partial charge >= 0.3 is 0 Å². The quantitative estimate of drug-likeness (QED) is 0.885. The van der Waals surface area contributed by atoms with Crippen LogP contribution < -0.4 is 19.9 Å². The van der Waals surface area contributed by atoms with Crippen LogP contribution in [0.25, 0.3) is 0 Å². The molecule has 2 N–H and O–H groups in total. The Hall–Kier alpha value is -2.37. The van der Waals surface area contributed by atoms with Crippen molar-refractivity contribution in [1.29, 1.82) is 0 Å². The molecule has 2 aromatic rings. The largest absolute Gasteiger partial charge is 0.487 e. The second-order valence-corrected chi connectivity index (χ2v) is 3.99. The lowest BCUT2D eigenvalue weighted by molar-refractivity contribution is 0.173. The molecule has 1 aromatic heterocycles. The van der Waals surface area contributed by atoms with Gasteiger partial charge in [0.05, 0.1) is 0 Å². The van der Waals surface area contributed by atoms with Gasteiger partial charge in [-0.25, -0.2) is 0 Å². The van der Waals surface area contributed by atoms with Crippen molar-refractivity contribution in [2.75, 3.05) is 12.5 Å². The maximum Gasteiger partial charge on any atom is 0.231 e. The number of aromatic nitrogens is 2. The minimum absolute atomic E-state index is 0.259. The summed E-state index contributed by atoms with van der Waals surface area (Å²) in [6, 6.07) is 7.24. The third-order valence-electron chi connectivity index (χ3n) is 2.70. The number of aryl methyl sites for hydroxylation is 1. The SMILES string of the molecule is Cn1nc(COc2ccc3c(c2)OCO3)cc1N. The summed E-state index contributed by atoms with van der Waals surface area (Å²) >= 11 is 0. The molecule has 0 fully saturated rings. The Kier molecular flexibility index (Phi) is 2.47. The molecule has 2 heterocycles. The molecule has 3 rings (SSSR count). The number of rotatable bonds is 3. The van der Waals surface area contributed by atoms with Crippen LogP contribution in [0.4, 0.5) is 5.82 Å². The van der Waals surface area contributed by atoms with E-state index in [2.05, 4.69) is 5.10 Å². The summed E-state index contributed by atoms with van der Waals surface area (Å²) in [6.07, 6.45) is 0. The second kappa shape index (κ2) is 4.14. The summed E-state index contributed by atoms with van der Waals surface area (Å²) in [5, 5.41) is 4.21. The highest BCUT2D eigenvalue weighted by Crippen LogP contribution is 2.35. The molecule has 0 aliphatic carbocycles. The number of nitrogens with zero attached hydrogens (tertiary/aromatic N) is 2. The third kappa shape index (κ3) is 1.92. The summed E-state index contributed by atoms with van der Waals surface area (Å²) in [6.45, 7) is 0.625. The Bertz CT molecular complexity index is 560. The van der Waals surface area contributed by atoms with Crippen molar-refractivity contribution >= 4 is 5.82 Å². The number of fused-ring (bicyclic) bond motifs is 1. The Balaban J connectivity index is 1.70. The van der Waals surface area contributed by atoms with Gasteiger partial charge in [0.2, 0.25) is 6.79 Å². The van der Waals surface area contributed by atoms with E-state index >= 15 is 0 Å². The summed E-state index contributed by atoms with van der Waals surface area (Å²) < 4.78 is 17.7. The first-order chi connectivity index (χ1) is 8.72. The van der Waals surface area contributed by atoms with Crippen molar-refractivity contribution in [1.82, 2.24) is 9.78 Å². The van der Waals surface area contributed by atoms with Crippen LogP contribution in [-0.4, -0.2) is 16.6 Å². The number of hydrogen-bond donors (Lipinski definition) is 1. The van der Waals surface area contributed by atoms with Gasteiger partial charge in [-0.2, -0.15) is 5.10 Å². The van der Waals surface area contributed by atoms with E-state index in [4.69, 9.17) is 19.9 Å². The van der Waals surface area contributed by atoms with Gasteiger partial charge < -0.3 is 19.9 Å². The van der Waals surface area contributed by atoms with Crippen molar-refractivity contribution in [3.8, 4) is 17.2 Å². The molecule has 0 saturated heterocycles. The van der Waals surface area contributed by atoms with Crippen LogP contribution in [0.5, 0.6) is 17.2 Å². The highest BCUT2D eigenvalue weighted by Gasteiger charge is 2.13. The van der Waals surface area contributed by atoms with Crippen LogP contribution in [-0.2, 0) is 13.7 Å². The Morgan fingerprint density at radius 2 is 2.17 bits per heavy atom. The summed E-state index contributed by atoms with van der Waals surface area (Å²) in [7, 11) is 1.79. The zero-order chi connectivity index (χ0) is 12.5. The summed E-state index contributed by atoms with van der Waals surface area (Å²) in [5.74, 6) is 2.76. The zero-order valence-electron chi connectivity index (χ0n) is 9.92. The Morgan fingerprint density at radius 3 is 2.94 bits per heavy atom. The minimum atomic E-state index is 0.259. The Labute approximate surface area is 104 Å². The molecule has 18 heavy (non-hydrogen) atoms. The molecular formula is C12H13N3O3. The summed E-state index contributed by atoms with van der Waals surface area (Å²) in [5.41, 5.74) is 6.48. The fourth-order valence-electron chi connectivity index (χ4n) is 1.74. The maximum atomic E-state index is 5.69. The lowest BCUT2D eigenvalue weighted by Gasteiger charge is -2.04. The average Bonchev–Trinajstić information content (AvgIpc) is 2.94. The van der Waals surface area contributed by atoms with Crippen LogP contribution >= 0.6 is 0 Å². The summed E-state index contributed by atoms with van der Waals surface area (Å²) in [4.78, 5) is 0. The van der Waals surface area contributed by atoms with E-state index in [1.165, 1.54) is 0 Å². The molecule has 0 amide bonds. The molecule has 0 saturated carbocycles. The van der Waals surface area contributed by atoms with Crippen molar-refractivity contribution in [2.24, 2.45) is 7.05 Å². The van der Waals surface area contributed by atoms with E-state index in [0.29, 0.717) is 23.9 Å². The van der Waals surface area contributed by atoms with Crippen molar-refractivity contribution < 1.29 is 14.2 Å². The number of nitrogens with two attached hydrogens (primary N) is 1. The van der Waals surface area contributed by atoms with Crippen molar-refractivity contribution in [2.45, 2.75) is 6.61 Å². The van der Waals surface area contributed by atoms with Gasteiger partial charge in [0.15, 0.2) is 11.5 Å². The fourth-order valence-corrected chi connectivity index (χ4v) is 1.74. The van der Waals surface area contributed by atoms with Crippen LogP contribution in [0.3, 0.4) is 0 Å². The molecule has 0 bridgehead atoms. The molecule has 94 valence electrons. The molecule has 0 unspecified atom stereocenters. The van der Waals surface area contributed by atoms with Crippen molar-refractivity contribution in [3.63, 3.8) is 0 Å². The van der Waals surface area contributed by atoms with Gasteiger partial charge in [0.25, 0.3) is 0 Å². The topological polar surface area (TPSA) is 71.5 Å². The molecule has 6 heteroatoms. The third-order valence-corrected chi connectivity index (χ3v) is 2.70. The van der Waals surface area contributed by atoms with Crippen LogP contribution in [0.2, 0.25) is 0 Å². The maximum absolute atomic E-state index is 5.69. The molecular weight excluding hydrogens is 234 g/mol. The van der Waals surface area contributed by atoms with Gasteiger partial charge in [-0.15, -0.1) is 0 Å². The lowest BCUT2D eigenvalue weighted by atomic mass is 10.3. The van der Waals surface area contributed by atoms with Crippen LogP contribution in [0.15, 0.2) is 24.3 Å². The molecule has 1 aromatic carbocycles. The second-order valence-electron chi connectivity index (χ2n) is 3.99. The number of benzene rings is 1. The molecule has 0 radical (unpaired) electrons. The van der Waals surface area contributed by atoms with Gasteiger partial charge in [0.1, 0.15) is 23.9 Å². The predicted octanol–water partition coefficient (Wildman–Crippen LogP) is 1.31. The fraction of sp³-hybridized carbons (Fsp3) is 0.250. The number of ether oxygens (including phenoxy) is 3. The lowest BCUT2D eigenvalue weighted by Crippen LogP contribution is -1.99. The predicted molar refractivity (Wildman–Crippen MR) is 64.5 cm³/mol. The standard InChI is InChI=1S/C12H13N3O3/c1-15-12(13)4-8(14-15)6-16-9-2-3-10-11(5-9)18-7-17-10/h2-5H,6-7,13H2,1H3. The van der Waals surface area contributed by atoms with E-state index in [-0.39, 0.29) is 6.79 Å². The van der Waals surface area contributed by atoms with E-state index in [1.807, 2.05) is 12.1 Å². The highest BCUT2D eigenvalue weighted by molar-refractivity contribution is 5.46. The normalized spacial score (nSPS) is 12.7. The molecule has 1 aliphatic heterocycles. The van der Waals surface area contributed by atoms with E-state index in [0.717, 1.165) is 11.4 Å². The molecule has 6 nitrogen and oxygen atoms in total. The molecule has 0 spiro atoms. The number of anilines is 1. The average molecular weight is 247 g/mol. The van der Waals surface area contributed by atoms with Crippen molar-refractivity contribution in [3.05, 3.63) is 30.0 Å². The minimum Gasteiger partial charge on any atom is -0.487 e. The Morgan fingerprint density at radius 1 is 1.33 bits per heavy atom. The van der Waals surface area contributed by atoms with Crippen LogP contribution in [0.1, 0.15) is 5.69 Å². The van der Waals surface area contributed by atoms with Gasteiger partial charge in [-0.3, -0.25) is 4.68 Å². The van der Waals surface area contributed by atoms with Gasteiger partial charge in [0, 0.05) is 19.2 Å². The van der Waals surface area contributed by atoms with E-state index in [9.17, 15) is 0 Å². The van der Waals surface area contributed by atoms with Gasteiger partial charge in [-0.1, -0.05) is 0 Å². The monoisotopic (exact) mass is 247 g/mol. The van der Waals surface area contributed by atoms with Gasteiger partial charge in [-0.05, 0) is 12.1 Å². The number of nitrogen functional groups attached to an aromatic ring is 1. The zero-order valence-corrected chi connectivity index (χ0v) is 9.92.